The van der Waals surface area contributed by atoms with Crippen molar-refractivity contribution in [2.75, 3.05) is 13.2 Å². The van der Waals surface area contributed by atoms with Crippen LogP contribution in [0.4, 0.5) is 9.18 Å². The minimum absolute atomic E-state index is 0.0961. The van der Waals surface area contributed by atoms with Crippen molar-refractivity contribution in [1.29, 1.82) is 0 Å². The van der Waals surface area contributed by atoms with E-state index in [0.29, 0.717) is 28.4 Å². The number of nitrogens with zero attached hydrogens (tertiary/aromatic N) is 2. The maximum atomic E-state index is 14.5. The van der Waals surface area contributed by atoms with E-state index < -0.39 is 18.1 Å². The van der Waals surface area contributed by atoms with Crippen LogP contribution in [-0.4, -0.2) is 45.1 Å². The molecule has 1 saturated heterocycles. The number of aliphatic hydroxyl groups excluding tert-OH is 1. The van der Waals surface area contributed by atoms with Crippen molar-refractivity contribution < 1.29 is 23.8 Å². The number of ether oxygens (including phenoxy) is 1. The van der Waals surface area contributed by atoms with E-state index in [9.17, 15) is 14.0 Å². The second-order valence-electron chi connectivity index (χ2n) is 8.32. The normalized spacial score (nSPS) is 18.8. The first-order valence-corrected chi connectivity index (χ1v) is 12.0. The third-order valence-electron chi connectivity index (χ3n) is 5.99. The van der Waals surface area contributed by atoms with E-state index in [0.717, 1.165) is 16.4 Å². The molecule has 1 aromatic heterocycles. The molecule has 8 nitrogen and oxygen atoms in total. The molecule has 2 aromatic carbocycles. The van der Waals surface area contributed by atoms with Crippen LogP contribution in [0.2, 0.25) is 0 Å². The number of rotatable bonds is 8. The van der Waals surface area contributed by atoms with Crippen molar-refractivity contribution in [1.82, 2.24) is 20.2 Å². The molecule has 1 aliphatic carbocycles. The lowest BCUT2D eigenvalue weighted by molar-refractivity contribution is -0.129. The molecule has 176 valence electrons. The topological polar surface area (TPSA) is 108 Å². The van der Waals surface area contributed by atoms with Crippen molar-refractivity contribution in [2.45, 2.75) is 24.9 Å². The Morgan fingerprint density at radius 1 is 1.21 bits per heavy atom. The lowest BCUT2D eigenvalue weighted by Crippen LogP contribution is -2.36. The molecule has 3 aromatic rings. The Morgan fingerprint density at radius 2 is 1.97 bits per heavy atom. The van der Waals surface area contributed by atoms with Crippen LogP contribution in [0.5, 0.6) is 5.75 Å². The molecule has 5 rings (SSSR count). The summed E-state index contributed by atoms with van der Waals surface area (Å²) in [6.45, 7) is 0.0771. The Labute approximate surface area is 208 Å². The van der Waals surface area contributed by atoms with Crippen LogP contribution in [0.15, 0.2) is 48.7 Å². The second kappa shape index (κ2) is 9.34. The zero-order chi connectivity index (χ0) is 23.8. The summed E-state index contributed by atoms with van der Waals surface area (Å²) in [4.78, 5) is 35.1. The number of aromatic amines is 1. The molecule has 0 bridgehead atoms. The molecule has 3 amide bonds. The van der Waals surface area contributed by atoms with Crippen molar-refractivity contribution in [3.8, 4) is 17.0 Å². The summed E-state index contributed by atoms with van der Waals surface area (Å²) in [5.74, 6) is 0.403. The zero-order valence-electron chi connectivity index (χ0n) is 18.0. The maximum absolute atomic E-state index is 14.5. The van der Waals surface area contributed by atoms with Crippen molar-refractivity contribution in [3.05, 3.63) is 69.4 Å². The minimum atomic E-state index is -0.816. The molecule has 1 unspecified atom stereocenters. The Morgan fingerprint density at radius 3 is 2.65 bits per heavy atom. The molecule has 2 aliphatic rings. The summed E-state index contributed by atoms with van der Waals surface area (Å²) in [5.41, 5.74) is 1.51. The van der Waals surface area contributed by atoms with Gasteiger partial charge < -0.3 is 20.1 Å². The number of amides is 3. The van der Waals surface area contributed by atoms with Crippen LogP contribution >= 0.6 is 22.6 Å². The van der Waals surface area contributed by atoms with E-state index in [-0.39, 0.29) is 30.9 Å². The number of hydrogen-bond acceptors (Lipinski definition) is 5. The second-order valence-corrected chi connectivity index (χ2v) is 9.57. The molecule has 2 atom stereocenters. The zero-order valence-corrected chi connectivity index (χ0v) is 20.2. The summed E-state index contributed by atoms with van der Waals surface area (Å²) in [6, 6.07) is 9.90. The number of carbonyl (C=O) groups is 2. The summed E-state index contributed by atoms with van der Waals surface area (Å²) < 4.78 is 20.6. The highest BCUT2D eigenvalue weighted by atomic mass is 127. The fourth-order valence-corrected chi connectivity index (χ4v) is 4.66. The highest BCUT2D eigenvalue weighted by Crippen LogP contribution is 2.46. The van der Waals surface area contributed by atoms with E-state index in [2.05, 4.69) is 15.3 Å². The van der Waals surface area contributed by atoms with E-state index in [1.54, 1.807) is 36.4 Å². The van der Waals surface area contributed by atoms with Gasteiger partial charge in [-0.05, 0) is 77.2 Å². The highest BCUT2D eigenvalue weighted by Gasteiger charge is 2.49. The lowest BCUT2D eigenvalue weighted by atomic mass is 10.1. The predicted octanol–water partition coefficient (Wildman–Crippen LogP) is 3.94. The fraction of sp³-hybridized carbons (Fsp3) is 0.292. The highest BCUT2D eigenvalue weighted by molar-refractivity contribution is 14.1. The van der Waals surface area contributed by atoms with E-state index >= 15 is 0 Å². The van der Waals surface area contributed by atoms with Crippen LogP contribution in [0, 0.1) is 15.3 Å². The van der Waals surface area contributed by atoms with E-state index in [4.69, 9.17) is 9.84 Å². The number of nitrogens with one attached hydrogen (secondary N) is 2. The largest absolute Gasteiger partial charge is 0.491 e. The molecular weight excluding hydrogens is 554 g/mol. The number of imidazole rings is 1. The number of benzene rings is 2. The molecular formula is C24H22FIN4O4. The van der Waals surface area contributed by atoms with Crippen molar-refractivity contribution >= 4 is 34.5 Å². The summed E-state index contributed by atoms with van der Waals surface area (Å²) in [7, 11) is 0. The van der Waals surface area contributed by atoms with Gasteiger partial charge in [-0.3, -0.25) is 9.69 Å². The van der Waals surface area contributed by atoms with Gasteiger partial charge in [0, 0.05) is 9.13 Å². The lowest BCUT2D eigenvalue weighted by Gasteiger charge is -2.23. The third-order valence-corrected chi connectivity index (χ3v) is 6.66. The van der Waals surface area contributed by atoms with Gasteiger partial charge in [-0.1, -0.05) is 12.1 Å². The molecule has 1 saturated carbocycles. The first-order valence-electron chi connectivity index (χ1n) is 10.9. The van der Waals surface area contributed by atoms with Gasteiger partial charge in [-0.15, -0.1) is 0 Å². The average molecular weight is 576 g/mol. The molecule has 3 N–H and O–H groups in total. The van der Waals surface area contributed by atoms with Gasteiger partial charge in [-0.2, -0.15) is 0 Å². The van der Waals surface area contributed by atoms with Crippen LogP contribution in [0.1, 0.15) is 36.3 Å². The fourth-order valence-electron chi connectivity index (χ4n) is 4.20. The summed E-state index contributed by atoms with van der Waals surface area (Å²) in [5, 5.41) is 11.7. The number of urea groups is 1. The van der Waals surface area contributed by atoms with Gasteiger partial charge in [0.2, 0.25) is 0 Å². The molecule has 2 fully saturated rings. The first-order chi connectivity index (χ1) is 16.5. The number of carbonyl (C=O) groups excluding carboxylic acids is 2. The number of H-pyrrole nitrogens is 1. The maximum Gasteiger partial charge on any atom is 0.325 e. The monoisotopic (exact) mass is 576 g/mol. The van der Waals surface area contributed by atoms with Crippen molar-refractivity contribution in [3.63, 3.8) is 0 Å². The van der Waals surface area contributed by atoms with Gasteiger partial charge in [0.25, 0.3) is 5.91 Å². The van der Waals surface area contributed by atoms with Gasteiger partial charge in [0.15, 0.2) is 0 Å². The average Bonchev–Trinajstić information content (AvgIpc) is 3.48. The Kier molecular flexibility index (Phi) is 6.26. The van der Waals surface area contributed by atoms with Gasteiger partial charge in [0.1, 0.15) is 36.1 Å². The summed E-state index contributed by atoms with van der Waals surface area (Å²) in [6.07, 6.45) is 3.28. The predicted molar refractivity (Wildman–Crippen MR) is 129 cm³/mol. The van der Waals surface area contributed by atoms with Crippen LogP contribution in [-0.2, 0) is 4.79 Å². The van der Waals surface area contributed by atoms with Gasteiger partial charge in [0.05, 0.1) is 18.5 Å². The van der Waals surface area contributed by atoms with Crippen LogP contribution < -0.4 is 10.1 Å². The van der Waals surface area contributed by atoms with E-state index in [1.165, 1.54) is 17.2 Å². The van der Waals surface area contributed by atoms with E-state index in [1.807, 2.05) is 22.6 Å². The summed E-state index contributed by atoms with van der Waals surface area (Å²) >= 11 is 2.05. The number of hydrogen-bond donors (Lipinski definition) is 3. The number of aromatic nitrogens is 2. The molecule has 0 spiro atoms. The Hall–Kier alpha value is -2.99. The molecule has 10 heteroatoms. The molecule has 0 radical (unpaired) electrons. The minimum Gasteiger partial charge on any atom is -0.491 e. The van der Waals surface area contributed by atoms with Crippen LogP contribution in [0.3, 0.4) is 0 Å². The van der Waals surface area contributed by atoms with Crippen molar-refractivity contribution in [2.24, 2.45) is 5.92 Å². The Bertz CT molecular complexity index is 1230. The first kappa shape index (κ1) is 22.8. The van der Waals surface area contributed by atoms with Crippen LogP contribution in [0.25, 0.3) is 11.3 Å². The number of aliphatic hydroxyl groups is 1. The molecule has 2 heterocycles. The number of halogens is 2. The third kappa shape index (κ3) is 4.39. The molecule has 1 aliphatic heterocycles. The standard InChI is InChI=1S/C24H22FIN4O4/c25-18-11-15(26)5-8-17(18)19-12-27-22(28-19)21(14-1-2-14)30-23(32)20(29-24(30)33)13-3-6-16(7-4-13)34-10-9-31/h3-8,11-12,14,20-21,31H,1-2,9-10H2,(H,27,28)(H,29,33)/t20-,21?/m1/s1. The smallest absolute Gasteiger partial charge is 0.325 e. The molecule has 34 heavy (non-hydrogen) atoms. The Balaban J connectivity index is 1.40. The van der Waals surface area contributed by atoms with Gasteiger partial charge >= 0.3 is 6.03 Å². The SMILES string of the molecule is O=C1N[C@H](c2ccc(OCCO)cc2)C(=O)N1C(c1ncc(-c2ccc(I)cc2F)[nH]1)C1CC1. The van der Waals surface area contributed by atoms with Gasteiger partial charge in [-0.25, -0.2) is 14.2 Å². The quantitative estimate of drug-likeness (QED) is 0.278. The number of imide groups is 1.